The molecule has 0 saturated carbocycles. The second kappa shape index (κ2) is 7.26. The quantitative estimate of drug-likeness (QED) is 0.719. The van der Waals surface area contributed by atoms with Gasteiger partial charge in [0, 0.05) is 6.54 Å². The minimum atomic E-state index is -3.76. The van der Waals surface area contributed by atoms with Crippen LogP contribution in [0.1, 0.15) is 15.9 Å². The van der Waals surface area contributed by atoms with E-state index in [1.165, 1.54) is 19.2 Å². The fraction of sp³-hybridized carbons (Fsp3) is 0.188. The maximum absolute atomic E-state index is 12.1. The van der Waals surface area contributed by atoms with Crippen LogP contribution in [0.4, 0.5) is 5.69 Å². The molecule has 0 aliphatic carbocycles. The third-order valence-corrected chi connectivity index (χ3v) is 4.81. The van der Waals surface area contributed by atoms with Crippen molar-refractivity contribution in [2.24, 2.45) is 0 Å². The summed E-state index contributed by atoms with van der Waals surface area (Å²) in [5.41, 5.74) is 1.42. The lowest BCUT2D eigenvalue weighted by molar-refractivity contribution is 0.0696. The number of carboxylic acid groups (broad SMARTS) is 1. The van der Waals surface area contributed by atoms with Crippen molar-refractivity contribution in [3.05, 3.63) is 59.7 Å². The molecule has 0 aromatic heterocycles. The van der Waals surface area contributed by atoms with E-state index in [9.17, 15) is 13.2 Å². The van der Waals surface area contributed by atoms with Crippen molar-refractivity contribution in [2.45, 2.75) is 11.3 Å². The SMILES string of the molecule is CNS(=O)(=O)c1cc(C(=O)O)ccc1NCCc1ccccc1. The summed E-state index contributed by atoms with van der Waals surface area (Å²) < 4.78 is 26.4. The first kappa shape index (κ1) is 17.0. The zero-order valence-corrected chi connectivity index (χ0v) is 13.4. The predicted molar refractivity (Wildman–Crippen MR) is 88.3 cm³/mol. The smallest absolute Gasteiger partial charge is 0.335 e. The molecule has 0 radical (unpaired) electrons. The molecule has 2 aromatic rings. The molecule has 0 aliphatic rings. The maximum atomic E-state index is 12.1. The third-order valence-electron chi connectivity index (χ3n) is 3.36. The van der Waals surface area contributed by atoms with E-state index in [1.807, 2.05) is 30.3 Å². The summed E-state index contributed by atoms with van der Waals surface area (Å²) >= 11 is 0. The first-order chi connectivity index (χ1) is 10.9. The van der Waals surface area contributed by atoms with E-state index in [1.54, 1.807) is 0 Å². The lowest BCUT2D eigenvalue weighted by Gasteiger charge is -2.13. The number of benzene rings is 2. The summed E-state index contributed by atoms with van der Waals surface area (Å²) in [5, 5.41) is 12.1. The number of aromatic carboxylic acids is 1. The molecule has 0 saturated heterocycles. The fourth-order valence-corrected chi connectivity index (χ4v) is 3.05. The van der Waals surface area contributed by atoms with Gasteiger partial charge in [0.15, 0.2) is 0 Å². The Kier molecular flexibility index (Phi) is 5.36. The molecule has 6 nitrogen and oxygen atoms in total. The normalized spacial score (nSPS) is 11.2. The van der Waals surface area contributed by atoms with E-state index >= 15 is 0 Å². The van der Waals surface area contributed by atoms with Gasteiger partial charge in [0.2, 0.25) is 10.0 Å². The molecular weight excluding hydrogens is 316 g/mol. The van der Waals surface area contributed by atoms with Crippen molar-refractivity contribution in [1.82, 2.24) is 4.72 Å². The summed E-state index contributed by atoms with van der Waals surface area (Å²) in [7, 11) is -2.47. The number of rotatable bonds is 7. The molecule has 122 valence electrons. The molecule has 0 amide bonds. The van der Waals surface area contributed by atoms with Crippen LogP contribution in [0, 0.1) is 0 Å². The molecule has 0 atom stereocenters. The van der Waals surface area contributed by atoms with Crippen molar-refractivity contribution >= 4 is 21.7 Å². The van der Waals surface area contributed by atoms with Crippen LogP contribution in [0.3, 0.4) is 0 Å². The van der Waals surface area contributed by atoms with Gasteiger partial charge < -0.3 is 10.4 Å². The number of nitrogens with one attached hydrogen (secondary N) is 2. The first-order valence-corrected chi connectivity index (χ1v) is 8.51. The Morgan fingerprint density at radius 2 is 1.83 bits per heavy atom. The number of carboxylic acids is 1. The second-order valence-electron chi connectivity index (χ2n) is 4.89. The monoisotopic (exact) mass is 334 g/mol. The maximum Gasteiger partial charge on any atom is 0.335 e. The van der Waals surface area contributed by atoms with Crippen LogP contribution < -0.4 is 10.0 Å². The lowest BCUT2D eigenvalue weighted by atomic mass is 10.1. The van der Waals surface area contributed by atoms with Crippen LogP contribution in [0.2, 0.25) is 0 Å². The van der Waals surface area contributed by atoms with Gasteiger partial charge in [0.25, 0.3) is 0 Å². The van der Waals surface area contributed by atoms with Crippen molar-refractivity contribution < 1.29 is 18.3 Å². The lowest BCUT2D eigenvalue weighted by Crippen LogP contribution is -2.21. The van der Waals surface area contributed by atoms with E-state index in [0.29, 0.717) is 12.2 Å². The van der Waals surface area contributed by atoms with E-state index in [0.717, 1.165) is 18.1 Å². The fourth-order valence-electron chi connectivity index (χ4n) is 2.12. The van der Waals surface area contributed by atoms with Gasteiger partial charge in [0.1, 0.15) is 4.90 Å². The highest BCUT2D eigenvalue weighted by Crippen LogP contribution is 2.23. The third kappa shape index (κ3) is 4.30. The molecule has 0 heterocycles. The van der Waals surface area contributed by atoms with Crippen LogP contribution >= 0.6 is 0 Å². The summed E-state index contributed by atoms with van der Waals surface area (Å²) in [5.74, 6) is -1.17. The Labute approximate surface area is 135 Å². The van der Waals surface area contributed by atoms with Crippen LogP contribution in [0.25, 0.3) is 0 Å². The average molecular weight is 334 g/mol. The van der Waals surface area contributed by atoms with Crippen LogP contribution in [0.15, 0.2) is 53.4 Å². The predicted octanol–water partition coefficient (Wildman–Crippen LogP) is 1.95. The minimum absolute atomic E-state index is 0.0760. The molecule has 7 heteroatoms. The summed E-state index contributed by atoms with van der Waals surface area (Å²) in [6, 6.07) is 13.8. The van der Waals surface area contributed by atoms with Crippen LogP contribution in [-0.4, -0.2) is 33.1 Å². The highest BCUT2D eigenvalue weighted by molar-refractivity contribution is 7.89. The van der Waals surface area contributed by atoms with Gasteiger partial charge in [-0.25, -0.2) is 17.9 Å². The van der Waals surface area contributed by atoms with Gasteiger partial charge in [-0.2, -0.15) is 0 Å². The molecule has 0 bridgehead atoms. The zero-order valence-electron chi connectivity index (χ0n) is 12.6. The van der Waals surface area contributed by atoms with Crippen molar-refractivity contribution in [3.8, 4) is 0 Å². The molecule has 3 N–H and O–H groups in total. The van der Waals surface area contributed by atoms with Crippen LogP contribution in [-0.2, 0) is 16.4 Å². The van der Waals surface area contributed by atoms with Gasteiger partial charge >= 0.3 is 5.97 Å². The molecule has 0 unspecified atom stereocenters. The van der Waals surface area contributed by atoms with E-state index in [-0.39, 0.29) is 10.5 Å². The number of hydrogen-bond donors (Lipinski definition) is 3. The summed E-state index contributed by atoms with van der Waals surface area (Å²) in [4.78, 5) is 11.0. The number of hydrogen-bond acceptors (Lipinski definition) is 4. The Balaban J connectivity index is 2.22. The molecule has 2 aromatic carbocycles. The average Bonchev–Trinajstić information content (AvgIpc) is 2.55. The Morgan fingerprint density at radius 3 is 2.43 bits per heavy atom. The Bertz CT molecular complexity index is 789. The standard InChI is InChI=1S/C16H18N2O4S/c1-17-23(21,22)15-11-13(16(19)20)7-8-14(15)18-10-9-12-5-3-2-4-6-12/h2-8,11,17-18H,9-10H2,1H3,(H,19,20). The molecule has 0 spiro atoms. The highest BCUT2D eigenvalue weighted by atomic mass is 32.2. The Morgan fingerprint density at radius 1 is 1.13 bits per heavy atom. The second-order valence-corrected chi connectivity index (χ2v) is 6.74. The van der Waals surface area contributed by atoms with Crippen molar-refractivity contribution in [2.75, 3.05) is 18.9 Å². The molecule has 23 heavy (non-hydrogen) atoms. The highest BCUT2D eigenvalue weighted by Gasteiger charge is 2.19. The molecule has 2 rings (SSSR count). The topological polar surface area (TPSA) is 95.5 Å². The zero-order chi connectivity index (χ0) is 16.9. The number of sulfonamides is 1. The van der Waals surface area contributed by atoms with Gasteiger partial charge in [-0.15, -0.1) is 0 Å². The first-order valence-electron chi connectivity index (χ1n) is 7.03. The number of carbonyl (C=O) groups is 1. The Hall–Kier alpha value is -2.38. The molecule has 0 aliphatic heterocycles. The van der Waals surface area contributed by atoms with Crippen molar-refractivity contribution in [1.29, 1.82) is 0 Å². The van der Waals surface area contributed by atoms with Crippen molar-refractivity contribution in [3.63, 3.8) is 0 Å². The van der Waals surface area contributed by atoms with E-state index in [2.05, 4.69) is 10.0 Å². The largest absolute Gasteiger partial charge is 0.478 e. The van der Waals surface area contributed by atoms with Gasteiger partial charge in [0.05, 0.1) is 11.3 Å². The van der Waals surface area contributed by atoms with Gasteiger partial charge in [-0.05, 0) is 37.2 Å². The van der Waals surface area contributed by atoms with E-state index in [4.69, 9.17) is 5.11 Å². The summed E-state index contributed by atoms with van der Waals surface area (Å²) in [6.45, 7) is 0.530. The number of anilines is 1. The summed E-state index contributed by atoms with van der Waals surface area (Å²) in [6.07, 6.45) is 0.723. The van der Waals surface area contributed by atoms with Crippen LogP contribution in [0.5, 0.6) is 0 Å². The molecular formula is C16H18N2O4S. The minimum Gasteiger partial charge on any atom is -0.478 e. The van der Waals surface area contributed by atoms with Gasteiger partial charge in [-0.1, -0.05) is 30.3 Å². The molecule has 0 fully saturated rings. The van der Waals surface area contributed by atoms with E-state index < -0.39 is 16.0 Å². The van der Waals surface area contributed by atoms with Gasteiger partial charge in [-0.3, -0.25) is 0 Å².